The molecule has 164 valence electrons. The van der Waals surface area contributed by atoms with Crippen LogP contribution in [0, 0.1) is 6.92 Å². The summed E-state index contributed by atoms with van der Waals surface area (Å²) in [6.07, 6.45) is 0. The van der Waals surface area contributed by atoms with Crippen molar-refractivity contribution >= 4 is 21.8 Å². The third-order valence-corrected chi connectivity index (χ3v) is 6.29. The summed E-state index contributed by atoms with van der Waals surface area (Å²) in [4.78, 5) is 11.5. The fraction of sp³-hybridized carbons (Fsp3) is 0.273. The standard InChI is InChI=1S/C22H25N3O5S/c1-14(17-8-6-5-7-9-17)13-23-31(27,28)20-12-18(10-11-19(20)29-4)21-15(2)25-30-22(21)24-16(3)26/h5-12,14,23H,13H2,1-4H3,(H,24,26). The topological polar surface area (TPSA) is 111 Å². The first-order valence-electron chi connectivity index (χ1n) is 9.69. The number of methoxy groups -OCH3 is 1. The molecule has 3 rings (SSSR count). The summed E-state index contributed by atoms with van der Waals surface area (Å²) in [5.74, 6) is 0.0233. The van der Waals surface area contributed by atoms with Gasteiger partial charge in [0.1, 0.15) is 10.6 Å². The molecule has 0 aliphatic heterocycles. The lowest BCUT2D eigenvalue weighted by Crippen LogP contribution is -2.28. The van der Waals surface area contributed by atoms with Crippen LogP contribution in [0.2, 0.25) is 0 Å². The largest absolute Gasteiger partial charge is 0.495 e. The molecule has 1 unspecified atom stereocenters. The number of sulfonamides is 1. The minimum atomic E-state index is -3.88. The highest BCUT2D eigenvalue weighted by Crippen LogP contribution is 2.35. The molecule has 31 heavy (non-hydrogen) atoms. The van der Waals surface area contributed by atoms with E-state index in [2.05, 4.69) is 15.2 Å². The second-order valence-corrected chi connectivity index (χ2v) is 8.92. The van der Waals surface area contributed by atoms with E-state index in [0.29, 0.717) is 16.8 Å². The predicted octanol–water partition coefficient (Wildman–Crippen LogP) is 3.70. The summed E-state index contributed by atoms with van der Waals surface area (Å²) in [6.45, 7) is 5.24. The Bertz CT molecular complexity index is 1170. The van der Waals surface area contributed by atoms with Gasteiger partial charge in [0, 0.05) is 13.5 Å². The number of nitrogens with zero attached hydrogens (tertiary/aromatic N) is 1. The minimum Gasteiger partial charge on any atom is -0.495 e. The Morgan fingerprint density at radius 3 is 2.55 bits per heavy atom. The maximum absolute atomic E-state index is 13.1. The molecule has 2 N–H and O–H groups in total. The van der Waals surface area contributed by atoms with Crippen LogP contribution in [-0.2, 0) is 14.8 Å². The molecule has 0 aliphatic rings. The highest BCUT2D eigenvalue weighted by atomic mass is 32.2. The molecule has 0 saturated carbocycles. The van der Waals surface area contributed by atoms with E-state index >= 15 is 0 Å². The maximum atomic E-state index is 13.1. The number of hydrogen-bond donors (Lipinski definition) is 2. The van der Waals surface area contributed by atoms with Gasteiger partial charge < -0.3 is 9.26 Å². The van der Waals surface area contributed by atoms with Crippen LogP contribution in [0.15, 0.2) is 57.9 Å². The number of aromatic nitrogens is 1. The van der Waals surface area contributed by atoms with Gasteiger partial charge in [-0.2, -0.15) is 0 Å². The Morgan fingerprint density at radius 2 is 1.90 bits per heavy atom. The van der Waals surface area contributed by atoms with Crippen LogP contribution in [0.4, 0.5) is 5.88 Å². The molecule has 0 fully saturated rings. The molecule has 1 atom stereocenters. The van der Waals surface area contributed by atoms with Gasteiger partial charge in [0.2, 0.25) is 21.8 Å². The summed E-state index contributed by atoms with van der Waals surface area (Å²) < 4.78 is 39.4. The average Bonchev–Trinajstić information content (AvgIpc) is 3.11. The van der Waals surface area contributed by atoms with Crippen molar-refractivity contribution in [1.82, 2.24) is 9.88 Å². The molecule has 0 aliphatic carbocycles. The Morgan fingerprint density at radius 1 is 1.19 bits per heavy atom. The normalized spacial score (nSPS) is 12.4. The molecule has 1 amide bonds. The van der Waals surface area contributed by atoms with Crippen molar-refractivity contribution in [1.29, 1.82) is 0 Å². The molecule has 2 aromatic carbocycles. The number of aryl methyl sites for hydroxylation is 1. The fourth-order valence-corrected chi connectivity index (χ4v) is 4.53. The van der Waals surface area contributed by atoms with E-state index in [4.69, 9.17) is 9.26 Å². The maximum Gasteiger partial charge on any atom is 0.244 e. The number of carbonyl (C=O) groups excluding carboxylic acids is 1. The predicted molar refractivity (Wildman–Crippen MR) is 118 cm³/mol. The van der Waals surface area contributed by atoms with Crippen molar-refractivity contribution in [3.05, 3.63) is 59.8 Å². The smallest absolute Gasteiger partial charge is 0.244 e. The van der Waals surface area contributed by atoms with Crippen molar-refractivity contribution in [2.45, 2.75) is 31.6 Å². The second-order valence-electron chi connectivity index (χ2n) is 7.18. The zero-order valence-corrected chi connectivity index (χ0v) is 18.6. The lowest BCUT2D eigenvalue weighted by Gasteiger charge is -2.16. The summed E-state index contributed by atoms with van der Waals surface area (Å²) in [6, 6.07) is 14.4. The zero-order chi connectivity index (χ0) is 22.6. The first-order valence-corrected chi connectivity index (χ1v) is 11.2. The lowest BCUT2D eigenvalue weighted by molar-refractivity contribution is -0.114. The molecule has 8 nitrogen and oxygen atoms in total. The molecule has 9 heteroatoms. The van der Waals surface area contributed by atoms with Crippen LogP contribution in [0.25, 0.3) is 11.1 Å². The van der Waals surface area contributed by atoms with E-state index in [1.165, 1.54) is 20.1 Å². The summed E-state index contributed by atoms with van der Waals surface area (Å²) in [5, 5.41) is 6.46. The number of ether oxygens (including phenoxy) is 1. The molecular weight excluding hydrogens is 418 g/mol. The molecule has 0 spiro atoms. The van der Waals surface area contributed by atoms with Gasteiger partial charge in [0.05, 0.1) is 18.4 Å². The SMILES string of the molecule is COc1ccc(-c2c(C)noc2NC(C)=O)cc1S(=O)(=O)NCC(C)c1ccccc1. The molecule has 1 heterocycles. The first-order chi connectivity index (χ1) is 14.7. The van der Waals surface area contributed by atoms with E-state index in [-0.39, 0.29) is 34.9 Å². The van der Waals surface area contributed by atoms with Crippen molar-refractivity contribution in [3.63, 3.8) is 0 Å². The van der Waals surface area contributed by atoms with Crippen LogP contribution >= 0.6 is 0 Å². The van der Waals surface area contributed by atoms with Gasteiger partial charge in [-0.1, -0.05) is 48.5 Å². The molecule has 3 aromatic rings. The van der Waals surface area contributed by atoms with Crippen molar-refractivity contribution in [2.24, 2.45) is 0 Å². The number of benzene rings is 2. The van der Waals surface area contributed by atoms with Crippen molar-refractivity contribution in [3.8, 4) is 16.9 Å². The van der Waals surface area contributed by atoms with Gasteiger partial charge in [-0.3, -0.25) is 10.1 Å². The lowest BCUT2D eigenvalue weighted by atomic mass is 10.0. The van der Waals surface area contributed by atoms with Gasteiger partial charge >= 0.3 is 0 Å². The van der Waals surface area contributed by atoms with Crippen LogP contribution in [0.5, 0.6) is 5.75 Å². The molecular formula is C22H25N3O5S. The summed E-state index contributed by atoms with van der Waals surface area (Å²) in [5.41, 5.74) is 2.58. The van der Waals surface area contributed by atoms with E-state index in [1.54, 1.807) is 19.1 Å². The Kier molecular flexibility index (Phi) is 6.77. The molecule has 0 saturated heterocycles. The highest BCUT2D eigenvalue weighted by molar-refractivity contribution is 7.89. The second kappa shape index (κ2) is 9.32. The van der Waals surface area contributed by atoms with Crippen molar-refractivity contribution < 1.29 is 22.5 Å². The number of rotatable bonds is 8. The molecule has 1 aromatic heterocycles. The van der Waals surface area contributed by atoms with Crippen LogP contribution in [-0.4, -0.2) is 33.1 Å². The first kappa shape index (κ1) is 22.5. The summed E-state index contributed by atoms with van der Waals surface area (Å²) in [7, 11) is -2.47. The fourth-order valence-electron chi connectivity index (χ4n) is 3.21. The minimum absolute atomic E-state index is 0.0119. The number of amides is 1. The number of nitrogens with one attached hydrogen (secondary N) is 2. The molecule has 0 radical (unpaired) electrons. The van der Waals surface area contributed by atoms with Gasteiger partial charge in [-0.25, -0.2) is 13.1 Å². The highest BCUT2D eigenvalue weighted by Gasteiger charge is 2.24. The van der Waals surface area contributed by atoms with Crippen LogP contribution in [0.1, 0.15) is 31.0 Å². The zero-order valence-electron chi connectivity index (χ0n) is 17.8. The van der Waals surface area contributed by atoms with Crippen LogP contribution < -0.4 is 14.8 Å². The number of hydrogen-bond acceptors (Lipinski definition) is 6. The van der Waals surface area contributed by atoms with E-state index < -0.39 is 10.0 Å². The molecule has 0 bridgehead atoms. The summed E-state index contributed by atoms with van der Waals surface area (Å²) >= 11 is 0. The number of carbonyl (C=O) groups is 1. The van der Waals surface area contributed by atoms with E-state index in [9.17, 15) is 13.2 Å². The average molecular weight is 444 g/mol. The van der Waals surface area contributed by atoms with Crippen molar-refractivity contribution in [2.75, 3.05) is 19.0 Å². The Hall–Kier alpha value is -3.17. The van der Waals surface area contributed by atoms with E-state index in [1.807, 2.05) is 37.3 Å². The third-order valence-electron chi connectivity index (χ3n) is 4.84. The van der Waals surface area contributed by atoms with E-state index in [0.717, 1.165) is 5.56 Å². The Balaban J connectivity index is 1.94. The quantitative estimate of drug-likeness (QED) is 0.549. The monoisotopic (exact) mass is 443 g/mol. The van der Waals surface area contributed by atoms with Gasteiger partial charge in [0.25, 0.3) is 0 Å². The van der Waals surface area contributed by atoms with Gasteiger partial charge in [-0.05, 0) is 36.1 Å². The third kappa shape index (κ3) is 5.12. The Labute approximate surface area is 181 Å². The van der Waals surface area contributed by atoms with Crippen LogP contribution in [0.3, 0.4) is 0 Å². The van der Waals surface area contributed by atoms with Gasteiger partial charge in [-0.15, -0.1) is 0 Å². The van der Waals surface area contributed by atoms with Gasteiger partial charge in [0.15, 0.2) is 0 Å². The number of anilines is 1.